The molecule has 0 fully saturated rings. The van der Waals surface area contributed by atoms with E-state index < -0.39 is 11.7 Å². The quantitative estimate of drug-likeness (QED) is 0.691. The van der Waals surface area contributed by atoms with Gasteiger partial charge in [-0.25, -0.2) is 9.78 Å². The number of ether oxygens (including phenoxy) is 1. The second-order valence-corrected chi connectivity index (χ2v) is 8.02. The van der Waals surface area contributed by atoms with Crippen molar-refractivity contribution in [3.63, 3.8) is 0 Å². The minimum absolute atomic E-state index is 0.222. The first-order chi connectivity index (χ1) is 12.8. The number of nitrogens with one attached hydrogen (secondary N) is 2. The third kappa shape index (κ3) is 5.27. The van der Waals surface area contributed by atoms with Gasteiger partial charge < -0.3 is 10.1 Å². The fourth-order valence-electron chi connectivity index (χ4n) is 2.36. The highest BCUT2D eigenvalue weighted by atomic mass is 32.1. The molecule has 3 rings (SSSR count). The molecule has 2 N–H and O–H groups in total. The summed E-state index contributed by atoms with van der Waals surface area (Å²) in [7, 11) is 0. The Hall–Kier alpha value is -2.93. The third-order valence-corrected chi connectivity index (χ3v) is 4.52. The van der Waals surface area contributed by atoms with E-state index >= 15 is 0 Å². The van der Waals surface area contributed by atoms with Crippen molar-refractivity contribution in [1.82, 2.24) is 10.3 Å². The first-order valence-electron chi connectivity index (χ1n) is 8.53. The number of aromatic nitrogens is 1. The number of thiazole rings is 1. The van der Waals surface area contributed by atoms with Crippen LogP contribution in [0.5, 0.6) is 0 Å². The van der Waals surface area contributed by atoms with Gasteiger partial charge in [0, 0.05) is 12.1 Å². The number of hydrogen-bond acceptors (Lipinski definition) is 5. The maximum Gasteiger partial charge on any atom is 0.407 e. The molecule has 1 heterocycles. The normalized spacial score (nSPS) is 11.2. The average molecular weight is 383 g/mol. The Labute approximate surface area is 161 Å². The van der Waals surface area contributed by atoms with Crippen LogP contribution in [0.4, 0.5) is 9.93 Å². The molecule has 6 nitrogen and oxygen atoms in total. The van der Waals surface area contributed by atoms with Crippen molar-refractivity contribution in [3.8, 4) is 0 Å². The van der Waals surface area contributed by atoms with Gasteiger partial charge >= 0.3 is 6.09 Å². The van der Waals surface area contributed by atoms with E-state index in [0.717, 1.165) is 15.8 Å². The van der Waals surface area contributed by atoms with Crippen molar-refractivity contribution >= 4 is 38.7 Å². The summed E-state index contributed by atoms with van der Waals surface area (Å²) in [5.74, 6) is -0.222. The molecule has 0 aliphatic heterocycles. The zero-order valence-corrected chi connectivity index (χ0v) is 16.2. The molecule has 0 radical (unpaired) electrons. The monoisotopic (exact) mass is 383 g/mol. The van der Waals surface area contributed by atoms with Crippen LogP contribution in [0.3, 0.4) is 0 Å². The number of benzene rings is 2. The first kappa shape index (κ1) is 18.8. The molecule has 7 heteroatoms. The predicted octanol–water partition coefficient (Wildman–Crippen LogP) is 4.57. The lowest BCUT2D eigenvalue weighted by Gasteiger charge is -2.19. The summed E-state index contributed by atoms with van der Waals surface area (Å²) in [5.41, 5.74) is 1.72. The molecule has 0 saturated heterocycles. The molecule has 0 aliphatic carbocycles. The molecule has 2 amide bonds. The van der Waals surface area contributed by atoms with Crippen molar-refractivity contribution < 1.29 is 14.3 Å². The number of carbonyl (C=O) groups excluding carboxylic acids is 2. The second-order valence-electron chi connectivity index (χ2n) is 6.99. The zero-order valence-electron chi connectivity index (χ0n) is 15.4. The number of amides is 2. The van der Waals surface area contributed by atoms with Crippen molar-refractivity contribution in [2.45, 2.75) is 32.9 Å². The Balaban J connectivity index is 1.57. The van der Waals surface area contributed by atoms with Crippen molar-refractivity contribution in [3.05, 3.63) is 59.7 Å². The predicted molar refractivity (Wildman–Crippen MR) is 107 cm³/mol. The van der Waals surface area contributed by atoms with E-state index in [2.05, 4.69) is 15.6 Å². The second kappa shape index (κ2) is 7.75. The average Bonchev–Trinajstić information content (AvgIpc) is 3.01. The van der Waals surface area contributed by atoms with Gasteiger partial charge in [0.05, 0.1) is 10.2 Å². The molecule has 0 spiro atoms. The number of anilines is 1. The van der Waals surface area contributed by atoms with Gasteiger partial charge in [0.2, 0.25) is 0 Å². The van der Waals surface area contributed by atoms with E-state index in [9.17, 15) is 9.59 Å². The molecule has 0 bridgehead atoms. The minimum Gasteiger partial charge on any atom is -0.444 e. The first-order valence-corrected chi connectivity index (χ1v) is 9.34. The van der Waals surface area contributed by atoms with Gasteiger partial charge in [0.15, 0.2) is 5.13 Å². The van der Waals surface area contributed by atoms with Crippen molar-refractivity contribution in [2.24, 2.45) is 0 Å². The lowest BCUT2D eigenvalue weighted by Crippen LogP contribution is -2.32. The summed E-state index contributed by atoms with van der Waals surface area (Å²) in [6.07, 6.45) is -0.472. The molecular formula is C20H21N3O3S. The zero-order chi connectivity index (χ0) is 19.4. The minimum atomic E-state index is -0.535. The van der Waals surface area contributed by atoms with E-state index in [1.807, 2.05) is 45.0 Å². The van der Waals surface area contributed by atoms with Crippen LogP contribution >= 0.6 is 11.3 Å². The lowest BCUT2D eigenvalue weighted by atomic mass is 10.1. The standard InChI is InChI=1S/C20H21N3O3S/c1-20(2,3)26-19(25)21-12-13-8-10-14(11-9-13)17(24)23-18-22-15-6-4-5-7-16(15)27-18/h4-11H,12H2,1-3H3,(H,21,25)(H,22,23,24). The number of para-hydroxylation sites is 1. The Kier molecular flexibility index (Phi) is 5.41. The van der Waals surface area contributed by atoms with Gasteiger partial charge in [-0.1, -0.05) is 35.6 Å². The van der Waals surface area contributed by atoms with Crippen molar-refractivity contribution in [2.75, 3.05) is 5.32 Å². The summed E-state index contributed by atoms with van der Waals surface area (Å²) < 4.78 is 6.22. The molecule has 27 heavy (non-hydrogen) atoms. The van der Waals surface area contributed by atoms with E-state index in [4.69, 9.17) is 4.74 Å². The maximum absolute atomic E-state index is 12.4. The van der Waals surface area contributed by atoms with Crippen LogP contribution in [0.15, 0.2) is 48.5 Å². The molecule has 0 atom stereocenters. The van der Waals surface area contributed by atoms with Gasteiger partial charge in [-0.3, -0.25) is 10.1 Å². The van der Waals surface area contributed by atoms with E-state index in [0.29, 0.717) is 17.2 Å². The fourth-order valence-corrected chi connectivity index (χ4v) is 3.22. The molecule has 140 valence electrons. The van der Waals surface area contributed by atoms with Crippen LogP contribution in [0.2, 0.25) is 0 Å². The Morgan fingerprint density at radius 1 is 1.07 bits per heavy atom. The fraction of sp³-hybridized carbons (Fsp3) is 0.250. The molecule has 3 aromatic rings. The summed E-state index contributed by atoms with van der Waals surface area (Å²) in [6.45, 7) is 5.76. The van der Waals surface area contributed by atoms with Gasteiger partial charge in [-0.2, -0.15) is 0 Å². The van der Waals surface area contributed by atoms with Crippen LogP contribution in [0.1, 0.15) is 36.7 Å². The van der Waals surface area contributed by atoms with E-state index in [1.54, 1.807) is 24.3 Å². The highest BCUT2D eigenvalue weighted by Crippen LogP contribution is 2.25. The van der Waals surface area contributed by atoms with E-state index in [-0.39, 0.29) is 5.91 Å². The third-order valence-electron chi connectivity index (χ3n) is 3.57. The highest BCUT2D eigenvalue weighted by Gasteiger charge is 2.16. The van der Waals surface area contributed by atoms with E-state index in [1.165, 1.54) is 11.3 Å². The number of rotatable bonds is 4. The summed E-state index contributed by atoms with van der Waals surface area (Å²) in [4.78, 5) is 28.5. The summed E-state index contributed by atoms with van der Waals surface area (Å²) >= 11 is 1.43. The van der Waals surface area contributed by atoms with Gasteiger partial charge in [-0.05, 0) is 50.6 Å². The van der Waals surface area contributed by atoms with Crippen LogP contribution in [-0.2, 0) is 11.3 Å². The number of nitrogens with zero attached hydrogens (tertiary/aromatic N) is 1. The van der Waals surface area contributed by atoms with Crippen LogP contribution in [-0.4, -0.2) is 22.6 Å². The summed E-state index contributed by atoms with van der Waals surface area (Å²) in [6, 6.07) is 14.8. The Morgan fingerprint density at radius 2 is 1.78 bits per heavy atom. The number of hydrogen-bond donors (Lipinski definition) is 2. The molecule has 0 saturated carbocycles. The molecule has 0 unspecified atom stereocenters. The number of alkyl carbamates (subject to hydrolysis) is 1. The SMILES string of the molecule is CC(C)(C)OC(=O)NCc1ccc(C(=O)Nc2nc3ccccc3s2)cc1. The highest BCUT2D eigenvalue weighted by molar-refractivity contribution is 7.22. The molecule has 0 aliphatic rings. The lowest BCUT2D eigenvalue weighted by molar-refractivity contribution is 0.0523. The van der Waals surface area contributed by atoms with Gasteiger partial charge in [0.25, 0.3) is 5.91 Å². The van der Waals surface area contributed by atoms with Crippen LogP contribution < -0.4 is 10.6 Å². The van der Waals surface area contributed by atoms with Crippen molar-refractivity contribution in [1.29, 1.82) is 0 Å². The molecule has 2 aromatic carbocycles. The molecule has 1 aromatic heterocycles. The summed E-state index contributed by atoms with van der Waals surface area (Å²) in [5, 5.41) is 6.08. The van der Waals surface area contributed by atoms with Crippen LogP contribution in [0, 0.1) is 0 Å². The molecular weight excluding hydrogens is 362 g/mol. The number of carbonyl (C=O) groups is 2. The number of fused-ring (bicyclic) bond motifs is 1. The Morgan fingerprint density at radius 3 is 2.44 bits per heavy atom. The van der Waals surface area contributed by atoms with Gasteiger partial charge in [0.1, 0.15) is 5.60 Å². The maximum atomic E-state index is 12.4. The van der Waals surface area contributed by atoms with Gasteiger partial charge in [-0.15, -0.1) is 0 Å². The Bertz CT molecular complexity index is 926. The largest absolute Gasteiger partial charge is 0.444 e. The smallest absolute Gasteiger partial charge is 0.407 e. The van der Waals surface area contributed by atoms with Crippen LogP contribution in [0.25, 0.3) is 10.2 Å². The topological polar surface area (TPSA) is 80.3 Å².